The summed E-state index contributed by atoms with van der Waals surface area (Å²) in [5.41, 5.74) is 2.08. The van der Waals surface area contributed by atoms with E-state index in [4.69, 9.17) is 25.8 Å². The number of benzene rings is 1. The molecule has 0 N–H and O–H groups in total. The average Bonchev–Trinajstić information content (AvgIpc) is 2.66. The van der Waals surface area contributed by atoms with E-state index in [1.165, 1.54) is 17.8 Å². The van der Waals surface area contributed by atoms with E-state index in [2.05, 4.69) is 11.1 Å². The van der Waals surface area contributed by atoms with Crippen molar-refractivity contribution in [1.29, 1.82) is 5.26 Å². The van der Waals surface area contributed by atoms with Crippen LogP contribution < -0.4 is 9.47 Å². The van der Waals surface area contributed by atoms with E-state index in [1.807, 2.05) is 12.1 Å². The van der Waals surface area contributed by atoms with Gasteiger partial charge < -0.3 is 14.2 Å². The summed E-state index contributed by atoms with van der Waals surface area (Å²) in [6.45, 7) is 4.67. The van der Waals surface area contributed by atoms with Crippen molar-refractivity contribution in [2.45, 2.75) is 24.6 Å². The number of fused-ring (bicyclic) bond motifs is 1. The molecule has 140 valence electrons. The second-order valence-electron chi connectivity index (χ2n) is 5.70. The minimum Gasteiger partial charge on any atom is -0.486 e. The van der Waals surface area contributed by atoms with Gasteiger partial charge in [-0.1, -0.05) is 11.6 Å². The molecule has 0 bridgehead atoms. The lowest BCUT2D eigenvalue weighted by molar-refractivity contribution is 0.0524. The molecule has 0 radical (unpaired) electrons. The van der Waals surface area contributed by atoms with Crippen LogP contribution in [0.1, 0.15) is 34.1 Å². The highest BCUT2D eigenvalue weighted by Gasteiger charge is 2.19. The molecule has 0 atom stereocenters. The Bertz CT molecular complexity index is 927. The number of hydrogen-bond donors (Lipinski definition) is 0. The highest BCUT2D eigenvalue weighted by Crippen LogP contribution is 2.39. The molecular weight excluding hydrogens is 388 g/mol. The van der Waals surface area contributed by atoms with Crippen molar-refractivity contribution < 1.29 is 19.0 Å². The van der Waals surface area contributed by atoms with Crippen LogP contribution in [0.15, 0.2) is 23.2 Å². The molecule has 27 heavy (non-hydrogen) atoms. The number of carbonyl (C=O) groups excluding carboxylic acids is 1. The summed E-state index contributed by atoms with van der Waals surface area (Å²) in [4.78, 5) is 16.4. The van der Waals surface area contributed by atoms with Crippen LogP contribution in [0.3, 0.4) is 0 Å². The maximum atomic E-state index is 12.0. The lowest BCUT2D eigenvalue weighted by Crippen LogP contribution is -2.15. The van der Waals surface area contributed by atoms with Crippen LogP contribution in [0.5, 0.6) is 11.5 Å². The molecule has 2 aromatic rings. The fraction of sp³-hybridized carbons (Fsp3) is 0.316. The van der Waals surface area contributed by atoms with Crippen molar-refractivity contribution in [2.24, 2.45) is 0 Å². The van der Waals surface area contributed by atoms with E-state index < -0.39 is 5.97 Å². The van der Waals surface area contributed by atoms with Gasteiger partial charge in [-0.05, 0) is 37.6 Å². The normalized spacial score (nSPS) is 12.4. The lowest BCUT2D eigenvalue weighted by atomic mass is 10.1. The minimum atomic E-state index is -0.478. The zero-order valence-electron chi connectivity index (χ0n) is 14.9. The van der Waals surface area contributed by atoms with Crippen molar-refractivity contribution in [3.05, 3.63) is 45.6 Å². The summed E-state index contributed by atoms with van der Waals surface area (Å²) in [5.74, 6) is 1.24. The van der Waals surface area contributed by atoms with Gasteiger partial charge in [0.1, 0.15) is 24.3 Å². The van der Waals surface area contributed by atoms with E-state index in [0.717, 1.165) is 5.56 Å². The summed E-state index contributed by atoms with van der Waals surface area (Å²) in [6, 6.07) is 7.31. The first-order valence-electron chi connectivity index (χ1n) is 8.33. The fourth-order valence-electron chi connectivity index (χ4n) is 2.59. The molecule has 8 heteroatoms. The summed E-state index contributed by atoms with van der Waals surface area (Å²) in [6.07, 6.45) is 0. The summed E-state index contributed by atoms with van der Waals surface area (Å²) < 4.78 is 16.1. The number of pyridine rings is 1. The van der Waals surface area contributed by atoms with Crippen LogP contribution in [0.2, 0.25) is 5.02 Å². The predicted octanol–water partition coefficient (Wildman–Crippen LogP) is 4.16. The Morgan fingerprint density at radius 3 is 2.89 bits per heavy atom. The molecule has 6 nitrogen and oxygen atoms in total. The summed E-state index contributed by atoms with van der Waals surface area (Å²) >= 11 is 7.66. The Hall–Kier alpha value is -2.43. The Labute approximate surface area is 166 Å². The molecule has 3 rings (SSSR count). The number of nitriles is 1. The van der Waals surface area contributed by atoms with Gasteiger partial charge in [0.15, 0.2) is 11.5 Å². The van der Waals surface area contributed by atoms with Crippen molar-refractivity contribution in [3.63, 3.8) is 0 Å². The number of aryl methyl sites for hydroxylation is 1. The molecule has 1 aliphatic rings. The number of carbonyl (C=O) groups is 1. The molecule has 0 saturated heterocycles. The predicted molar refractivity (Wildman–Crippen MR) is 102 cm³/mol. The zero-order valence-corrected chi connectivity index (χ0v) is 16.4. The summed E-state index contributed by atoms with van der Waals surface area (Å²) in [7, 11) is 0. The third kappa shape index (κ3) is 4.29. The SMILES string of the molecule is CCOC(=O)c1cc(C#N)c(SCc2cc(Cl)c3c(c2)OCCO3)nc1C. The van der Waals surface area contributed by atoms with E-state index in [-0.39, 0.29) is 6.61 Å². The molecule has 1 aliphatic heterocycles. The molecule has 0 aliphatic carbocycles. The highest BCUT2D eigenvalue weighted by molar-refractivity contribution is 7.98. The van der Waals surface area contributed by atoms with Crippen LogP contribution in [0, 0.1) is 18.3 Å². The quantitative estimate of drug-likeness (QED) is 0.546. The Balaban J connectivity index is 1.82. The molecule has 0 saturated carbocycles. The van der Waals surface area contributed by atoms with E-state index >= 15 is 0 Å². The molecule has 0 spiro atoms. The molecule has 2 heterocycles. The second-order valence-corrected chi connectivity index (χ2v) is 7.07. The first kappa shape index (κ1) is 19.3. The maximum Gasteiger partial charge on any atom is 0.340 e. The molecule has 0 fully saturated rings. The van der Waals surface area contributed by atoms with Crippen molar-refractivity contribution in [3.8, 4) is 17.6 Å². The minimum absolute atomic E-state index is 0.265. The van der Waals surface area contributed by atoms with Crippen LogP contribution >= 0.6 is 23.4 Å². The molecule has 0 unspecified atom stereocenters. The third-order valence-corrected chi connectivity index (χ3v) is 5.17. The van der Waals surface area contributed by atoms with Crippen LogP contribution in [0.4, 0.5) is 0 Å². The van der Waals surface area contributed by atoms with Crippen molar-refractivity contribution in [2.75, 3.05) is 19.8 Å². The Morgan fingerprint density at radius 1 is 1.37 bits per heavy atom. The summed E-state index contributed by atoms with van der Waals surface area (Å²) in [5, 5.41) is 10.5. The van der Waals surface area contributed by atoms with Gasteiger partial charge in [-0.15, -0.1) is 11.8 Å². The largest absolute Gasteiger partial charge is 0.486 e. The van der Waals surface area contributed by atoms with Gasteiger partial charge in [0, 0.05) is 5.75 Å². The zero-order chi connectivity index (χ0) is 19.4. The first-order valence-corrected chi connectivity index (χ1v) is 9.69. The molecular formula is C19H17ClN2O4S. The van der Waals surface area contributed by atoms with E-state index in [9.17, 15) is 10.1 Å². The van der Waals surface area contributed by atoms with E-state index in [1.54, 1.807) is 13.8 Å². The monoisotopic (exact) mass is 404 g/mol. The first-order chi connectivity index (χ1) is 13.0. The van der Waals surface area contributed by atoms with Gasteiger partial charge in [0.25, 0.3) is 0 Å². The highest BCUT2D eigenvalue weighted by atomic mass is 35.5. The number of thioether (sulfide) groups is 1. The van der Waals surface area contributed by atoms with Gasteiger partial charge >= 0.3 is 5.97 Å². The number of ether oxygens (including phenoxy) is 3. The van der Waals surface area contributed by atoms with Gasteiger partial charge in [0.2, 0.25) is 0 Å². The van der Waals surface area contributed by atoms with Crippen molar-refractivity contribution in [1.82, 2.24) is 4.98 Å². The number of rotatable bonds is 5. The standard InChI is InChI=1S/C19H17ClN2O4S/c1-3-24-19(23)14-8-13(9-21)18(22-11(14)2)27-10-12-6-15(20)17-16(7-12)25-4-5-26-17/h6-8H,3-5,10H2,1-2H3. The second kappa shape index (κ2) is 8.51. The van der Waals surface area contributed by atoms with Crippen LogP contribution in [-0.4, -0.2) is 30.8 Å². The number of nitrogens with zero attached hydrogens (tertiary/aromatic N) is 2. The number of halogens is 1. The number of aromatic nitrogens is 1. The smallest absolute Gasteiger partial charge is 0.340 e. The topological polar surface area (TPSA) is 81.4 Å². The van der Waals surface area contributed by atoms with E-state index in [0.29, 0.717) is 57.3 Å². The Kier molecular flexibility index (Phi) is 6.09. The molecule has 1 aromatic heterocycles. The fourth-order valence-corrected chi connectivity index (χ4v) is 3.81. The van der Waals surface area contributed by atoms with Gasteiger partial charge in [0.05, 0.1) is 28.5 Å². The van der Waals surface area contributed by atoms with Gasteiger partial charge in [-0.25, -0.2) is 9.78 Å². The van der Waals surface area contributed by atoms with Gasteiger partial charge in [-0.2, -0.15) is 5.26 Å². The third-order valence-electron chi connectivity index (χ3n) is 3.83. The number of esters is 1. The molecule has 0 amide bonds. The Morgan fingerprint density at radius 2 is 2.15 bits per heavy atom. The number of hydrogen-bond acceptors (Lipinski definition) is 7. The van der Waals surface area contributed by atoms with Crippen LogP contribution in [-0.2, 0) is 10.5 Å². The average molecular weight is 405 g/mol. The van der Waals surface area contributed by atoms with Gasteiger partial charge in [-0.3, -0.25) is 0 Å². The lowest BCUT2D eigenvalue weighted by Gasteiger charge is -2.20. The van der Waals surface area contributed by atoms with Crippen LogP contribution in [0.25, 0.3) is 0 Å². The molecule has 1 aromatic carbocycles. The van der Waals surface area contributed by atoms with Crippen molar-refractivity contribution >= 4 is 29.3 Å². The maximum absolute atomic E-state index is 12.0.